The minimum Gasteiger partial charge on any atom is -0.389 e. The number of hydrogen-bond donors (Lipinski definition) is 3. The largest absolute Gasteiger partial charge is 0.389 e. The molecule has 2 aromatic heterocycles. The number of imide groups is 1. The van der Waals surface area contributed by atoms with Crippen LogP contribution in [0.4, 0.5) is 0 Å². The predicted octanol–water partition coefficient (Wildman–Crippen LogP) is 3.40. The molecule has 168 valence electrons. The summed E-state index contributed by atoms with van der Waals surface area (Å²) in [6.45, 7) is 4.92. The number of aryl methyl sites for hydroxylation is 1. The zero-order valence-electron chi connectivity index (χ0n) is 18.5. The van der Waals surface area contributed by atoms with E-state index in [1.807, 2.05) is 67.1 Å². The van der Waals surface area contributed by atoms with Crippen molar-refractivity contribution in [3.05, 3.63) is 71.5 Å². The lowest BCUT2D eigenvalue weighted by Gasteiger charge is -2.12. The van der Waals surface area contributed by atoms with Crippen LogP contribution in [0.3, 0.4) is 0 Å². The molecule has 0 spiro atoms. The van der Waals surface area contributed by atoms with E-state index in [0.29, 0.717) is 35.4 Å². The Hall–Kier alpha value is -3.68. The molecule has 4 aromatic rings. The number of nitrogens with zero attached hydrogens (tertiary/aromatic N) is 1. The predicted molar refractivity (Wildman–Crippen MR) is 127 cm³/mol. The third-order valence-electron chi connectivity index (χ3n) is 6.10. The van der Waals surface area contributed by atoms with E-state index in [-0.39, 0.29) is 6.61 Å². The fourth-order valence-electron chi connectivity index (χ4n) is 4.65. The molecule has 0 aliphatic carbocycles. The molecule has 1 unspecified atom stereocenters. The number of benzene rings is 2. The van der Waals surface area contributed by atoms with E-state index in [9.17, 15) is 14.7 Å². The van der Waals surface area contributed by atoms with Gasteiger partial charge in [-0.25, -0.2) is 0 Å². The molecule has 0 bridgehead atoms. The van der Waals surface area contributed by atoms with Crippen LogP contribution in [0, 0.1) is 6.92 Å². The second-order valence-corrected chi connectivity index (χ2v) is 8.26. The highest BCUT2D eigenvalue weighted by Gasteiger charge is 2.35. The lowest BCUT2D eigenvalue weighted by Crippen LogP contribution is -2.22. The first kappa shape index (κ1) is 21.2. The highest BCUT2D eigenvalue weighted by Crippen LogP contribution is 2.39. The van der Waals surface area contributed by atoms with Crippen LogP contribution in [0.15, 0.2) is 54.9 Å². The smallest absolute Gasteiger partial charge is 0.259 e. The van der Waals surface area contributed by atoms with Crippen molar-refractivity contribution in [1.82, 2.24) is 14.9 Å². The first-order chi connectivity index (χ1) is 16.0. The summed E-state index contributed by atoms with van der Waals surface area (Å²) in [5.74, 6) is -0.830. The number of aromatic nitrogens is 2. The number of hydrogen-bond acceptors (Lipinski definition) is 4. The molecule has 1 atom stereocenters. The van der Waals surface area contributed by atoms with Gasteiger partial charge in [-0.1, -0.05) is 30.3 Å². The number of carbonyl (C=O) groups excluding carboxylic acids is 2. The summed E-state index contributed by atoms with van der Waals surface area (Å²) in [6.07, 6.45) is 2.93. The standard InChI is InChI=1S/C26H25N3O4/c1-3-33-14-16(30)12-29-13-19(22-15(2)7-6-10-21(22)29)24-23(25(31)28-26(24)32)18-11-27-20-9-5-4-8-17(18)20/h4-11,13,16,27,30H,3,12,14H2,1-2H3,(H,28,31,32). The Morgan fingerprint density at radius 3 is 2.58 bits per heavy atom. The van der Waals surface area contributed by atoms with Gasteiger partial charge in [0, 0.05) is 51.9 Å². The maximum Gasteiger partial charge on any atom is 0.259 e. The van der Waals surface area contributed by atoms with E-state index in [0.717, 1.165) is 27.4 Å². The van der Waals surface area contributed by atoms with Crippen molar-refractivity contribution >= 4 is 44.8 Å². The number of amides is 2. The van der Waals surface area contributed by atoms with E-state index in [1.165, 1.54) is 0 Å². The number of rotatable bonds is 7. The number of para-hydroxylation sites is 1. The van der Waals surface area contributed by atoms with E-state index in [4.69, 9.17) is 4.74 Å². The van der Waals surface area contributed by atoms with Gasteiger partial charge in [0.05, 0.1) is 30.4 Å². The summed E-state index contributed by atoms with van der Waals surface area (Å²) in [7, 11) is 0. The molecule has 7 nitrogen and oxygen atoms in total. The molecule has 0 saturated carbocycles. The number of nitrogens with one attached hydrogen (secondary N) is 2. The van der Waals surface area contributed by atoms with Gasteiger partial charge in [-0.15, -0.1) is 0 Å². The van der Waals surface area contributed by atoms with E-state index in [1.54, 1.807) is 6.20 Å². The second kappa shape index (κ2) is 8.35. The summed E-state index contributed by atoms with van der Waals surface area (Å²) in [4.78, 5) is 29.2. The van der Waals surface area contributed by atoms with Crippen molar-refractivity contribution in [2.45, 2.75) is 26.5 Å². The molecule has 2 aromatic carbocycles. The Kier molecular flexibility index (Phi) is 5.36. The van der Waals surface area contributed by atoms with E-state index >= 15 is 0 Å². The maximum absolute atomic E-state index is 13.1. The van der Waals surface area contributed by atoms with Crippen LogP contribution in [-0.2, 0) is 20.9 Å². The van der Waals surface area contributed by atoms with Gasteiger partial charge in [0.25, 0.3) is 11.8 Å². The number of fused-ring (bicyclic) bond motifs is 2. The zero-order valence-corrected chi connectivity index (χ0v) is 18.5. The van der Waals surface area contributed by atoms with Crippen LogP contribution in [0.5, 0.6) is 0 Å². The number of ether oxygens (including phenoxy) is 1. The summed E-state index contributed by atoms with van der Waals surface area (Å²) in [5, 5.41) is 14.7. The number of H-pyrrole nitrogens is 1. The minimum atomic E-state index is -0.699. The summed E-state index contributed by atoms with van der Waals surface area (Å²) < 4.78 is 7.29. The molecule has 7 heteroatoms. The summed E-state index contributed by atoms with van der Waals surface area (Å²) in [5.41, 5.74) is 4.84. The quantitative estimate of drug-likeness (QED) is 0.382. The molecule has 3 N–H and O–H groups in total. The summed E-state index contributed by atoms with van der Waals surface area (Å²) >= 11 is 0. The molecule has 0 fully saturated rings. The third-order valence-corrected chi connectivity index (χ3v) is 6.10. The van der Waals surface area contributed by atoms with Crippen molar-refractivity contribution in [2.75, 3.05) is 13.2 Å². The van der Waals surface area contributed by atoms with Gasteiger partial charge in [-0.3, -0.25) is 14.9 Å². The average Bonchev–Trinajstić information content (AvgIpc) is 3.46. The van der Waals surface area contributed by atoms with Gasteiger partial charge in [0.15, 0.2) is 0 Å². The Balaban J connectivity index is 1.73. The average molecular weight is 444 g/mol. The van der Waals surface area contributed by atoms with Crippen molar-refractivity contribution in [1.29, 1.82) is 0 Å². The van der Waals surface area contributed by atoms with E-state index in [2.05, 4.69) is 10.3 Å². The molecule has 2 amide bonds. The first-order valence-electron chi connectivity index (χ1n) is 11.0. The van der Waals surface area contributed by atoms with Gasteiger partial charge >= 0.3 is 0 Å². The molecular weight excluding hydrogens is 418 g/mol. The SMILES string of the molecule is CCOCC(O)Cn1cc(C2=C(c3c[nH]c4ccccc34)C(=O)NC2=O)c2c(C)cccc21. The fraction of sp³-hybridized carbons (Fsp3) is 0.231. The van der Waals surface area contributed by atoms with Gasteiger partial charge < -0.3 is 19.4 Å². The molecule has 3 heterocycles. The molecule has 5 rings (SSSR count). The molecule has 0 saturated heterocycles. The van der Waals surface area contributed by atoms with Gasteiger partial charge in [-0.05, 0) is 31.5 Å². The Labute approximate surface area is 190 Å². The van der Waals surface area contributed by atoms with Crippen molar-refractivity contribution in [2.24, 2.45) is 0 Å². The van der Waals surface area contributed by atoms with E-state index < -0.39 is 17.9 Å². The monoisotopic (exact) mass is 443 g/mol. The molecule has 1 aliphatic heterocycles. The number of aliphatic hydroxyl groups is 1. The topological polar surface area (TPSA) is 96.3 Å². The number of aromatic amines is 1. The molecule has 1 aliphatic rings. The van der Waals surface area contributed by atoms with Crippen LogP contribution in [-0.4, -0.2) is 45.8 Å². The maximum atomic E-state index is 13.1. The van der Waals surface area contributed by atoms with Gasteiger partial charge in [0.1, 0.15) is 0 Å². The Morgan fingerprint density at radius 1 is 1.03 bits per heavy atom. The van der Waals surface area contributed by atoms with Crippen molar-refractivity contribution in [3.8, 4) is 0 Å². The zero-order chi connectivity index (χ0) is 23.1. The van der Waals surface area contributed by atoms with Crippen LogP contribution in [0.2, 0.25) is 0 Å². The fourth-order valence-corrected chi connectivity index (χ4v) is 4.65. The van der Waals surface area contributed by atoms with Crippen molar-refractivity contribution < 1.29 is 19.4 Å². The Bertz CT molecular complexity index is 1430. The third kappa shape index (κ3) is 3.55. The summed E-state index contributed by atoms with van der Waals surface area (Å²) in [6, 6.07) is 13.6. The second-order valence-electron chi connectivity index (χ2n) is 8.26. The lowest BCUT2D eigenvalue weighted by molar-refractivity contribution is -0.122. The number of aliphatic hydroxyl groups excluding tert-OH is 1. The van der Waals surface area contributed by atoms with Crippen LogP contribution in [0.25, 0.3) is 33.0 Å². The lowest BCUT2D eigenvalue weighted by atomic mass is 9.94. The molecular formula is C26H25N3O4. The van der Waals surface area contributed by atoms with Gasteiger partial charge in [0.2, 0.25) is 0 Å². The van der Waals surface area contributed by atoms with Gasteiger partial charge in [-0.2, -0.15) is 0 Å². The first-order valence-corrected chi connectivity index (χ1v) is 11.0. The number of carbonyl (C=O) groups is 2. The Morgan fingerprint density at radius 2 is 1.79 bits per heavy atom. The van der Waals surface area contributed by atoms with Crippen molar-refractivity contribution in [3.63, 3.8) is 0 Å². The highest BCUT2D eigenvalue weighted by molar-refractivity contribution is 6.50. The molecule has 0 radical (unpaired) electrons. The normalized spacial score (nSPS) is 15.1. The minimum absolute atomic E-state index is 0.222. The van der Waals surface area contributed by atoms with Crippen LogP contribution >= 0.6 is 0 Å². The van der Waals surface area contributed by atoms with Crippen LogP contribution < -0.4 is 5.32 Å². The highest BCUT2D eigenvalue weighted by atomic mass is 16.5. The molecule has 33 heavy (non-hydrogen) atoms. The van der Waals surface area contributed by atoms with Crippen LogP contribution in [0.1, 0.15) is 23.6 Å².